The standard InChI is InChI=1S/C15H19N3O/c1-11-5-4-8-18(10-11)15(19)17-14-9-16-13-7-3-2-6-12(13)14/h2-3,6-7,9,11,16H,4-5,8,10H2,1H3,(H,17,19). The van der Waals surface area contributed by atoms with Gasteiger partial charge in [0, 0.05) is 30.2 Å². The molecule has 1 aromatic carbocycles. The van der Waals surface area contributed by atoms with Gasteiger partial charge in [-0.2, -0.15) is 0 Å². The highest BCUT2D eigenvalue weighted by Crippen LogP contribution is 2.23. The van der Waals surface area contributed by atoms with Crippen molar-refractivity contribution in [2.45, 2.75) is 19.8 Å². The Labute approximate surface area is 112 Å². The minimum Gasteiger partial charge on any atom is -0.359 e. The number of hydrogen-bond donors (Lipinski definition) is 2. The van der Waals surface area contributed by atoms with Gasteiger partial charge in [0.1, 0.15) is 0 Å². The van der Waals surface area contributed by atoms with Crippen LogP contribution in [0, 0.1) is 5.92 Å². The van der Waals surface area contributed by atoms with Crippen LogP contribution in [0.25, 0.3) is 10.9 Å². The molecule has 1 unspecified atom stereocenters. The maximum absolute atomic E-state index is 12.3. The summed E-state index contributed by atoms with van der Waals surface area (Å²) in [6.45, 7) is 3.91. The van der Waals surface area contributed by atoms with Gasteiger partial charge in [-0.25, -0.2) is 4.79 Å². The molecule has 1 aromatic heterocycles. The van der Waals surface area contributed by atoms with Crippen molar-refractivity contribution in [3.8, 4) is 0 Å². The molecule has 2 amide bonds. The van der Waals surface area contributed by atoms with E-state index < -0.39 is 0 Å². The molecule has 0 saturated carbocycles. The Morgan fingerprint density at radius 2 is 2.26 bits per heavy atom. The number of rotatable bonds is 1. The predicted octanol–water partition coefficient (Wildman–Crippen LogP) is 3.43. The summed E-state index contributed by atoms with van der Waals surface area (Å²) >= 11 is 0. The topological polar surface area (TPSA) is 48.1 Å². The largest absolute Gasteiger partial charge is 0.359 e. The number of carbonyl (C=O) groups is 1. The fourth-order valence-electron chi connectivity index (χ4n) is 2.74. The second kappa shape index (κ2) is 4.96. The smallest absolute Gasteiger partial charge is 0.321 e. The highest BCUT2D eigenvalue weighted by atomic mass is 16.2. The van der Waals surface area contributed by atoms with E-state index in [-0.39, 0.29) is 6.03 Å². The maximum atomic E-state index is 12.3. The number of piperidine rings is 1. The summed E-state index contributed by atoms with van der Waals surface area (Å²) in [4.78, 5) is 17.3. The van der Waals surface area contributed by atoms with Crippen molar-refractivity contribution in [2.24, 2.45) is 5.92 Å². The van der Waals surface area contributed by atoms with Gasteiger partial charge in [-0.05, 0) is 24.8 Å². The summed E-state index contributed by atoms with van der Waals surface area (Å²) < 4.78 is 0. The van der Waals surface area contributed by atoms with Gasteiger partial charge in [0.25, 0.3) is 0 Å². The zero-order valence-electron chi connectivity index (χ0n) is 11.1. The van der Waals surface area contributed by atoms with Crippen LogP contribution in [0.3, 0.4) is 0 Å². The third-order valence-corrected chi connectivity index (χ3v) is 3.78. The Morgan fingerprint density at radius 3 is 3.11 bits per heavy atom. The summed E-state index contributed by atoms with van der Waals surface area (Å²) in [5.74, 6) is 0.600. The van der Waals surface area contributed by atoms with E-state index in [1.807, 2.05) is 35.4 Å². The number of nitrogens with one attached hydrogen (secondary N) is 2. The number of aromatic nitrogens is 1. The van der Waals surface area contributed by atoms with E-state index >= 15 is 0 Å². The molecule has 1 fully saturated rings. The van der Waals surface area contributed by atoms with Gasteiger partial charge >= 0.3 is 6.03 Å². The number of benzene rings is 1. The molecule has 19 heavy (non-hydrogen) atoms. The second-order valence-electron chi connectivity index (χ2n) is 5.37. The Hall–Kier alpha value is -1.97. The molecule has 2 aromatic rings. The average molecular weight is 257 g/mol. The molecule has 2 N–H and O–H groups in total. The lowest BCUT2D eigenvalue weighted by Gasteiger charge is -2.30. The van der Waals surface area contributed by atoms with Crippen LogP contribution in [0.4, 0.5) is 10.5 Å². The quantitative estimate of drug-likeness (QED) is 0.807. The zero-order valence-corrected chi connectivity index (χ0v) is 11.1. The Morgan fingerprint density at radius 1 is 1.42 bits per heavy atom. The van der Waals surface area contributed by atoms with Crippen molar-refractivity contribution in [1.82, 2.24) is 9.88 Å². The number of para-hydroxylation sites is 1. The minimum absolute atomic E-state index is 0.0105. The van der Waals surface area contributed by atoms with Crippen molar-refractivity contribution in [3.05, 3.63) is 30.5 Å². The van der Waals surface area contributed by atoms with Crippen LogP contribution in [0.2, 0.25) is 0 Å². The van der Waals surface area contributed by atoms with Gasteiger partial charge in [-0.3, -0.25) is 0 Å². The molecule has 1 aliphatic heterocycles. The monoisotopic (exact) mass is 257 g/mol. The normalized spacial score (nSPS) is 19.6. The van der Waals surface area contributed by atoms with Crippen LogP contribution in [0.15, 0.2) is 30.5 Å². The summed E-state index contributed by atoms with van der Waals surface area (Å²) in [6, 6.07) is 8.00. The van der Waals surface area contributed by atoms with E-state index in [1.165, 1.54) is 6.42 Å². The van der Waals surface area contributed by atoms with Crippen LogP contribution in [0.1, 0.15) is 19.8 Å². The first-order valence-electron chi connectivity index (χ1n) is 6.86. The summed E-state index contributed by atoms with van der Waals surface area (Å²) in [7, 11) is 0. The molecule has 0 spiro atoms. The molecular weight excluding hydrogens is 238 g/mol. The number of hydrogen-bond acceptors (Lipinski definition) is 1. The van der Waals surface area contributed by atoms with E-state index in [0.717, 1.165) is 36.1 Å². The van der Waals surface area contributed by atoms with E-state index in [2.05, 4.69) is 17.2 Å². The first-order chi connectivity index (χ1) is 9.24. The summed E-state index contributed by atoms with van der Waals surface area (Å²) in [5, 5.41) is 4.07. The van der Waals surface area contributed by atoms with Crippen molar-refractivity contribution >= 4 is 22.6 Å². The Balaban J connectivity index is 1.75. The van der Waals surface area contributed by atoms with Gasteiger partial charge in [0.15, 0.2) is 0 Å². The number of H-pyrrole nitrogens is 1. The fourth-order valence-corrected chi connectivity index (χ4v) is 2.74. The Bertz CT molecular complexity index is 590. The molecule has 0 bridgehead atoms. The van der Waals surface area contributed by atoms with E-state index in [9.17, 15) is 4.79 Å². The van der Waals surface area contributed by atoms with Crippen LogP contribution in [0.5, 0.6) is 0 Å². The first kappa shape index (κ1) is 12.1. The maximum Gasteiger partial charge on any atom is 0.321 e. The van der Waals surface area contributed by atoms with Crippen molar-refractivity contribution in [3.63, 3.8) is 0 Å². The first-order valence-corrected chi connectivity index (χ1v) is 6.86. The van der Waals surface area contributed by atoms with E-state index in [0.29, 0.717) is 5.92 Å². The SMILES string of the molecule is CC1CCCN(C(=O)Nc2c[nH]c3ccccc23)C1. The van der Waals surface area contributed by atoms with Crippen LogP contribution in [-0.2, 0) is 0 Å². The number of fused-ring (bicyclic) bond motifs is 1. The Kier molecular flexibility index (Phi) is 3.15. The van der Waals surface area contributed by atoms with Crippen molar-refractivity contribution in [1.29, 1.82) is 0 Å². The van der Waals surface area contributed by atoms with Gasteiger partial charge in [-0.1, -0.05) is 25.1 Å². The molecule has 1 aliphatic rings. The number of nitrogens with zero attached hydrogens (tertiary/aromatic N) is 1. The number of urea groups is 1. The van der Waals surface area contributed by atoms with Crippen molar-refractivity contribution in [2.75, 3.05) is 18.4 Å². The number of aromatic amines is 1. The van der Waals surface area contributed by atoms with E-state index in [4.69, 9.17) is 0 Å². The van der Waals surface area contributed by atoms with E-state index in [1.54, 1.807) is 0 Å². The molecule has 4 nitrogen and oxygen atoms in total. The van der Waals surface area contributed by atoms with Crippen LogP contribution < -0.4 is 5.32 Å². The van der Waals surface area contributed by atoms with Crippen LogP contribution in [-0.4, -0.2) is 29.0 Å². The van der Waals surface area contributed by atoms with Gasteiger partial charge in [0.2, 0.25) is 0 Å². The molecule has 0 radical (unpaired) electrons. The summed E-state index contributed by atoms with van der Waals surface area (Å²) in [5.41, 5.74) is 1.91. The molecular formula is C15H19N3O. The highest BCUT2D eigenvalue weighted by molar-refractivity contribution is 6.00. The third kappa shape index (κ3) is 2.43. The number of amides is 2. The number of carbonyl (C=O) groups excluding carboxylic acids is 1. The lowest BCUT2D eigenvalue weighted by Crippen LogP contribution is -2.41. The molecule has 4 heteroatoms. The molecule has 3 rings (SSSR count). The minimum atomic E-state index is 0.0105. The summed E-state index contributed by atoms with van der Waals surface area (Å²) in [6.07, 6.45) is 4.18. The molecule has 2 heterocycles. The van der Waals surface area contributed by atoms with Gasteiger partial charge < -0.3 is 15.2 Å². The van der Waals surface area contributed by atoms with Crippen LogP contribution >= 0.6 is 0 Å². The lowest BCUT2D eigenvalue weighted by molar-refractivity contribution is 0.182. The third-order valence-electron chi connectivity index (χ3n) is 3.78. The van der Waals surface area contributed by atoms with Crippen molar-refractivity contribution < 1.29 is 4.79 Å². The fraction of sp³-hybridized carbons (Fsp3) is 0.400. The highest BCUT2D eigenvalue weighted by Gasteiger charge is 2.21. The molecule has 1 atom stereocenters. The zero-order chi connectivity index (χ0) is 13.2. The van der Waals surface area contributed by atoms with Gasteiger partial charge in [-0.15, -0.1) is 0 Å². The number of likely N-dealkylation sites (tertiary alicyclic amines) is 1. The predicted molar refractivity (Wildman–Crippen MR) is 77.3 cm³/mol. The molecule has 100 valence electrons. The molecule has 0 aliphatic carbocycles. The lowest BCUT2D eigenvalue weighted by atomic mass is 10.0. The average Bonchev–Trinajstić information content (AvgIpc) is 2.82. The number of anilines is 1. The van der Waals surface area contributed by atoms with Gasteiger partial charge in [0.05, 0.1) is 5.69 Å². The second-order valence-corrected chi connectivity index (χ2v) is 5.37. The molecule has 1 saturated heterocycles.